The Morgan fingerprint density at radius 1 is 0.933 bits per heavy atom. The van der Waals surface area contributed by atoms with Crippen LogP contribution in [0.4, 0.5) is 5.69 Å². The number of thioether (sulfide) groups is 1. The number of rotatable bonds is 4. The number of nitrogens with zero attached hydrogens (tertiary/aromatic N) is 2. The Labute approximate surface area is 183 Å². The molecule has 2 aromatic carbocycles. The van der Waals surface area contributed by atoms with Crippen molar-refractivity contribution < 1.29 is 13.2 Å². The predicted octanol–water partition coefficient (Wildman–Crippen LogP) is 4.57. The van der Waals surface area contributed by atoms with Gasteiger partial charge < -0.3 is 4.90 Å². The van der Waals surface area contributed by atoms with Crippen LogP contribution >= 0.6 is 11.8 Å². The molecular formula is C23H28N2O3S2. The Bertz CT molecular complexity index is 1030. The monoisotopic (exact) mass is 444 g/mol. The molecule has 2 aliphatic rings. The molecule has 0 aliphatic carbocycles. The van der Waals surface area contributed by atoms with Crippen molar-refractivity contribution in [3.63, 3.8) is 0 Å². The van der Waals surface area contributed by atoms with Gasteiger partial charge in [0.1, 0.15) is 0 Å². The molecule has 0 atom stereocenters. The second kappa shape index (κ2) is 9.02. The summed E-state index contributed by atoms with van der Waals surface area (Å²) in [7, 11) is -3.74. The standard InChI is InChI=1S/C23H28N2O3S2/c1-29-22-13-12-19(17-20(22)23(26)24-14-6-2-3-7-15-24)30(27,28)25-16-8-10-18-9-4-5-11-21(18)25/h4-5,9,11-13,17H,2-3,6-8,10,14-16H2,1H3. The van der Waals surface area contributed by atoms with Crippen molar-refractivity contribution >= 4 is 33.4 Å². The van der Waals surface area contributed by atoms with Gasteiger partial charge in [-0.3, -0.25) is 9.10 Å². The van der Waals surface area contributed by atoms with E-state index in [0.717, 1.165) is 67.8 Å². The summed E-state index contributed by atoms with van der Waals surface area (Å²) in [5.74, 6) is -0.0580. The third-order valence-electron chi connectivity index (χ3n) is 5.95. The van der Waals surface area contributed by atoms with Gasteiger partial charge in [-0.05, 0) is 61.8 Å². The molecule has 4 rings (SSSR count). The summed E-state index contributed by atoms with van der Waals surface area (Å²) in [5.41, 5.74) is 2.29. The highest BCUT2D eigenvalue weighted by Crippen LogP contribution is 2.33. The number of aryl methyl sites for hydroxylation is 1. The SMILES string of the molecule is CSc1ccc(S(=O)(=O)N2CCCc3ccccc32)cc1C(=O)N1CCCCCC1. The van der Waals surface area contributed by atoms with E-state index in [1.807, 2.05) is 35.4 Å². The molecule has 7 heteroatoms. The van der Waals surface area contributed by atoms with Gasteiger partial charge in [0.25, 0.3) is 15.9 Å². The largest absolute Gasteiger partial charge is 0.339 e. The summed E-state index contributed by atoms with van der Waals surface area (Å²) in [5, 5.41) is 0. The number of carbonyl (C=O) groups excluding carboxylic acids is 1. The fraction of sp³-hybridized carbons (Fsp3) is 0.435. The van der Waals surface area contributed by atoms with Crippen LogP contribution in [0.25, 0.3) is 0 Å². The lowest BCUT2D eigenvalue weighted by Gasteiger charge is -2.30. The molecule has 1 fully saturated rings. The van der Waals surface area contributed by atoms with Crippen LogP contribution in [0.3, 0.4) is 0 Å². The van der Waals surface area contributed by atoms with Crippen LogP contribution in [0.15, 0.2) is 52.3 Å². The second-order valence-corrected chi connectivity index (χ2v) is 10.6. The molecule has 0 spiro atoms. The van der Waals surface area contributed by atoms with Crippen LogP contribution in [0.1, 0.15) is 48.0 Å². The first-order valence-electron chi connectivity index (χ1n) is 10.6. The van der Waals surface area contributed by atoms with E-state index in [1.165, 1.54) is 16.1 Å². The summed E-state index contributed by atoms with van der Waals surface area (Å²) >= 11 is 1.48. The molecule has 160 valence electrons. The molecule has 0 N–H and O–H groups in total. The van der Waals surface area contributed by atoms with E-state index < -0.39 is 10.0 Å². The molecule has 0 bridgehead atoms. The molecule has 30 heavy (non-hydrogen) atoms. The maximum atomic E-state index is 13.5. The number of likely N-dealkylation sites (tertiary alicyclic amines) is 1. The van der Waals surface area contributed by atoms with Gasteiger partial charge >= 0.3 is 0 Å². The van der Waals surface area contributed by atoms with E-state index in [2.05, 4.69) is 0 Å². The minimum atomic E-state index is -3.74. The van der Waals surface area contributed by atoms with E-state index in [0.29, 0.717) is 12.1 Å². The van der Waals surface area contributed by atoms with Crippen LogP contribution in [0.5, 0.6) is 0 Å². The van der Waals surface area contributed by atoms with Crippen molar-refractivity contribution in [1.29, 1.82) is 0 Å². The Hall–Kier alpha value is -1.99. The van der Waals surface area contributed by atoms with Gasteiger partial charge in [-0.2, -0.15) is 0 Å². The highest BCUT2D eigenvalue weighted by atomic mass is 32.2. The molecule has 0 saturated carbocycles. The van der Waals surface area contributed by atoms with E-state index in [9.17, 15) is 13.2 Å². The quantitative estimate of drug-likeness (QED) is 0.649. The van der Waals surface area contributed by atoms with Gasteiger partial charge in [0, 0.05) is 24.5 Å². The average molecular weight is 445 g/mol. The first-order valence-corrected chi connectivity index (χ1v) is 13.3. The Morgan fingerprint density at radius 3 is 2.40 bits per heavy atom. The molecule has 0 unspecified atom stereocenters. The Morgan fingerprint density at radius 2 is 1.67 bits per heavy atom. The number of sulfonamides is 1. The minimum absolute atomic E-state index is 0.0580. The number of hydrogen-bond donors (Lipinski definition) is 0. The number of anilines is 1. The second-order valence-electron chi connectivity index (χ2n) is 7.88. The Balaban J connectivity index is 1.71. The van der Waals surface area contributed by atoms with Crippen molar-refractivity contribution in [3.8, 4) is 0 Å². The van der Waals surface area contributed by atoms with Crippen LogP contribution < -0.4 is 4.31 Å². The van der Waals surface area contributed by atoms with Crippen LogP contribution in [0, 0.1) is 0 Å². The van der Waals surface area contributed by atoms with Crippen molar-refractivity contribution in [2.75, 3.05) is 30.2 Å². The van der Waals surface area contributed by atoms with Crippen molar-refractivity contribution in [2.24, 2.45) is 0 Å². The van der Waals surface area contributed by atoms with Gasteiger partial charge in [-0.1, -0.05) is 31.0 Å². The van der Waals surface area contributed by atoms with E-state index in [1.54, 1.807) is 18.2 Å². The van der Waals surface area contributed by atoms with Gasteiger partial charge in [0.15, 0.2) is 0 Å². The number of benzene rings is 2. The fourth-order valence-electron chi connectivity index (χ4n) is 4.33. The number of amides is 1. The van der Waals surface area contributed by atoms with Gasteiger partial charge in [-0.25, -0.2) is 8.42 Å². The summed E-state index contributed by atoms with van der Waals surface area (Å²) in [6.45, 7) is 1.94. The van der Waals surface area contributed by atoms with Gasteiger partial charge in [0.05, 0.1) is 16.1 Å². The lowest BCUT2D eigenvalue weighted by Crippen LogP contribution is -2.36. The third kappa shape index (κ3) is 4.10. The van der Waals surface area contributed by atoms with Crippen LogP contribution in [-0.4, -0.2) is 45.1 Å². The molecule has 1 saturated heterocycles. The lowest BCUT2D eigenvalue weighted by molar-refractivity contribution is 0.0758. The highest BCUT2D eigenvalue weighted by Gasteiger charge is 2.30. The predicted molar refractivity (Wildman–Crippen MR) is 122 cm³/mol. The minimum Gasteiger partial charge on any atom is -0.339 e. The van der Waals surface area contributed by atoms with Crippen molar-refractivity contribution in [2.45, 2.75) is 48.3 Å². The molecule has 0 radical (unpaired) electrons. The van der Waals surface area contributed by atoms with E-state index in [-0.39, 0.29) is 10.8 Å². The fourth-order valence-corrected chi connectivity index (χ4v) is 6.47. The molecule has 0 aromatic heterocycles. The number of carbonyl (C=O) groups is 1. The number of fused-ring (bicyclic) bond motifs is 1. The zero-order chi connectivity index (χ0) is 21.1. The first-order chi connectivity index (χ1) is 14.5. The lowest BCUT2D eigenvalue weighted by atomic mass is 10.0. The van der Waals surface area contributed by atoms with Crippen molar-refractivity contribution in [1.82, 2.24) is 4.90 Å². The summed E-state index contributed by atoms with van der Waals surface area (Å²) in [6.07, 6.45) is 7.88. The van der Waals surface area contributed by atoms with Gasteiger partial charge in [0.2, 0.25) is 0 Å². The van der Waals surface area contributed by atoms with Crippen LogP contribution in [0.2, 0.25) is 0 Å². The smallest absolute Gasteiger partial charge is 0.264 e. The van der Waals surface area contributed by atoms with E-state index in [4.69, 9.17) is 0 Å². The third-order valence-corrected chi connectivity index (χ3v) is 8.56. The summed E-state index contributed by atoms with van der Waals surface area (Å²) < 4.78 is 28.6. The molecule has 2 heterocycles. The number of para-hydroxylation sites is 1. The van der Waals surface area contributed by atoms with Crippen molar-refractivity contribution in [3.05, 3.63) is 53.6 Å². The normalized spacial score (nSPS) is 17.4. The summed E-state index contributed by atoms with van der Waals surface area (Å²) in [6, 6.07) is 12.7. The molecular weight excluding hydrogens is 416 g/mol. The van der Waals surface area contributed by atoms with Crippen LogP contribution in [-0.2, 0) is 16.4 Å². The summed E-state index contributed by atoms with van der Waals surface area (Å²) in [4.78, 5) is 16.2. The number of hydrogen-bond acceptors (Lipinski definition) is 4. The highest BCUT2D eigenvalue weighted by molar-refractivity contribution is 7.98. The molecule has 5 nitrogen and oxygen atoms in total. The maximum Gasteiger partial charge on any atom is 0.264 e. The topological polar surface area (TPSA) is 57.7 Å². The first kappa shape index (κ1) is 21.2. The van der Waals surface area contributed by atoms with E-state index >= 15 is 0 Å². The Kier molecular flexibility index (Phi) is 6.39. The zero-order valence-corrected chi connectivity index (χ0v) is 19.0. The molecule has 2 aromatic rings. The molecule has 1 amide bonds. The maximum absolute atomic E-state index is 13.5. The molecule has 2 aliphatic heterocycles. The zero-order valence-electron chi connectivity index (χ0n) is 17.3. The average Bonchev–Trinajstić information content (AvgIpc) is 3.07. The van der Waals surface area contributed by atoms with Gasteiger partial charge in [-0.15, -0.1) is 11.8 Å².